The topological polar surface area (TPSA) is 75.2 Å². The van der Waals surface area contributed by atoms with Crippen LogP contribution in [0.5, 0.6) is 5.75 Å². The third-order valence-corrected chi connectivity index (χ3v) is 4.92. The highest BCUT2D eigenvalue weighted by molar-refractivity contribution is 5.79. The van der Waals surface area contributed by atoms with Gasteiger partial charge in [-0.25, -0.2) is 0 Å². The third-order valence-electron chi connectivity index (χ3n) is 4.92. The normalized spacial score (nSPS) is 15.9. The molecule has 1 aliphatic rings. The molecule has 2 N–H and O–H groups in total. The third kappa shape index (κ3) is 6.71. The van der Waals surface area contributed by atoms with Gasteiger partial charge in [-0.3, -0.25) is 14.7 Å². The molecule has 7 nitrogen and oxygen atoms in total. The van der Waals surface area contributed by atoms with E-state index in [-0.39, 0.29) is 12.0 Å². The lowest BCUT2D eigenvalue weighted by molar-refractivity contribution is -0.143. The largest absolute Gasteiger partial charge is 0.496 e. The zero-order valence-electron chi connectivity index (χ0n) is 17.4. The molecule has 156 valence electrons. The lowest BCUT2D eigenvalue weighted by Crippen LogP contribution is -2.43. The quantitative estimate of drug-likeness (QED) is 0.276. The van der Waals surface area contributed by atoms with E-state index in [2.05, 4.69) is 32.7 Å². The van der Waals surface area contributed by atoms with Gasteiger partial charge in [0, 0.05) is 32.1 Å². The molecule has 1 fully saturated rings. The van der Waals surface area contributed by atoms with Crippen molar-refractivity contribution in [3.63, 3.8) is 0 Å². The first-order valence-corrected chi connectivity index (χ1v) is 10.2. The van der Waals surface area contributed by atoms with E-state index in [1.165, 1.54) is 18.4 Å². The number of methoxy groups -OCH3 is 1. The van der Waals surface area contributed by atoms with Gasteiger partial charge in [-0.1, -0.05) is 18.2 Å². The van der Waals surface area contributed by atoms with Crippen LogP contribution in [-0.2, 0) is 9.53 Å². The number of ether oxygens (including phenoxy) is 2. The molecule has 1 aliphatic heterocycles. The molecule has 0 aromatic heterocycles. The summed E-state index contributed by atoms with van der Waals surface area (Å²) in [5.41, 5.74) is 1.19. The summed E-state index contributed by atoms with van der Waals surface area (Å²) in [7, 11) is 3.48. The fraction of sp³-hybridized carbons (Fsp3) is 0.619. The minimum Gasteiger partial charge on any atom is -0.496 e. The van der Waals surface area contributed by atoms with Crippen LogP contribution in [0.4, 0.5) is 0 Å². The molecule has 0 saturated carbocycles. The van der Waals surface area contributed by atoms with Gasteiger partial charge in [0.1, 0.15) is 5.75 Å². The Bertz CT molecular complexity index is 630. The Kier molecular flexibility index (Phi) is 9.62. The molecule has 1 aromatic rings. The lowest BCUT2D eigenvalue weighted by atomic mass is 10.0. The standard InChI is InChI=1S/C21H34N4O3/c1-4-28-20(26)12-9-13-23-21(22-2)24-16-18(25-14-7-8-15-25)17-10-5-6-11-19(17)27-3/h5-6,10-11,18H,4,7-9,12-16H2,1-3H3,(H2,22,23,24). The van der Waals surface area contributed by atoms with Crippen LogP contribution in [0.2, 0.25) is 0 Å². The minimum atomic E-state index is -0.155. The molecule has 1 atom stereocenters. The number of carbonyl (C=O) groups is 1. The Balaban J connectivity index is 1.91. The van der Waals surface area contributed by atoms with Crippen molar-refractivity contribution in [1.29, 1.82) is 0 Å². The number of rotatable bonds is 10. The fourth-order valence-corrected chi connectivity index (χ4v) is 3.52. The van der Waals surface area contributed by atoms with Gasteiger partial charge >= 0.3 is 5.97 Å². The number of benzene rings is 1. The first-order valence-electron chi connectivity index (χ1n) is 10.2. The highest BCUT2D eigenvalue weighted by Crippen LogP contribution is 2.31. The van der Waals surface area contributed by atoms with Crippen LogP contribution in [0.15, 0.2) is 29.3 Å². The van der Waals surface area contributed by atoms with Gasteiger partial charge < -0.3 is 20.1 Å². The highest BCUT2D eigenvalue weighted by atomic mass is 16.5. The first kappa shape index (κ1) is 22.0. The maximum Gasteiger partial charge on any atom is 0.305 e. The summed E-state index contributed by atoms with van der Waals surface area (Å²) in [5.74, 6) is 1.50. The van der Waals surface area contributed by atoms with Gasteiger partial charge in [0.2, 0.25) is 0 Å². The second kappa shape index (κ2) is 12.2. The molecule has 7 heteroatoms. The molecule has 0 spiro atoms. The monoisotopic (exact) mass is 390 g/mol. The molecular formula is C21H34N4O3. The number of aliphatic imine (C=N–C) groups is 1. The zero-order chi connectivity index (χ0) is 20.2. The van der Waals surface area contributed by atoms with Crippen molar-refractivity contribution in [2.24, 2.45) is 4.99 Å². The van der Waals surface area contributed by atoms with Crippen LogP contribution in [0.1, 0.15) is 44.2 Å². The van der Waals surface area contributed by atoms with Crippen LogP contribution in [0.3, 0.4) is 0 Å². The van der Waals surface area contributed by atoms with Gasteiger partial charge in [0.05, 0.1) is 19.8 Å². The van der Waals surface area contributed by atoms with Crippen LogP contribution < -0.4 is 15.4 Å². The summed E-state index contributed by atoms with van der Waals surface area (Å²) in [5, 5.41) is 6.71. The lowest BCUT2D eigenvalue weighted by Gasteiger charge is -2.30. The zero-order valence-corrected chi connectivity index (χ0v) is 17.4. The van der Waals surface area contributed by atoms with E-state index in [1.54, 1.807) is 14.2 Å². The predicted molar refractivity (Wildman–Crippen MR) is 112 cm³/mol. The van der Waals surface area contributed by atoms with Crippen LogP contribution in [0.25, 0.3) is 0 Å². The van der Waals surface area contributed by atoms with Gasteiger partial charge in [-0.05, 0) is 45.3 Å². The van der Waals surface area contributed by atoms with Gasteiger partial charge in [0.15, 0.2) is 5.96 Å². The number of hydrogen-bond donors (Lipinski definition) is 2. The Labute approximate surface area is 168 Å². The highest BCUT2D eigenvalue weighted by Gasteiger charge is 2.25. The van der Waals surface area contributed by atoms with Crippen LogP contribution in [0, 0.1) is 0 Å². The molecule has 28 heavy (non-hydrogen) atoms. The maximum absolute atomic E-state index is 11.4. The molecule has 0 amide bonds. The number of nitrogens with zero attached hydrogens (tertiary/aromatic N) is 2. The second-order valence-corrected chi connectivity index (χ2v) is 6.79. The number of likely N-dealkylation sites (tertiary alicyclic amines) is 1. The number of guanidine groups is 1. The molecule has 0 aliphatic carbocycles. The van der Waals surface area contributed by atoms with Crippen molar-refractivity contribution in [3.05, 3.63) is 29.8 Å². The van der Waals surface area contributed by atoms with Crippen molar-refractivity contribution >= 4 is 11.9 Å². The van der Waals surface area contributed by atoms with E-state index in [0.29, 0.717) is 26.0 Å². The van der Waals surface area contributed by atoms with Gasteiger partial charge in [0.25, 0.3) is 0 Å². The van der Waals surface area contributed by atoms with E-state index in [9.17, 15) is 4.79 Å². The molecule has 2 rings (SSSR count). The van der Waals surface area contributed by atoms with Crippen molar-refractivity contribution in [3.8, 4) is 5.75 Å². The summed E-state index contributed by atoms with van der Waals surface area (Å²) in [4.78, 5) is 18.2. The molecular weight excluding hydrogens is 356 g/mol. The van der Waals surface area contributed by atoms with Crippen molar-refractivity contribution < 1.29 is 14.3 Å². The van der Waals surface area contributed by atoms with Crippen LogP contribution in [-0.4, -0.2) is 63.8 Å². The molecule has 1 aromatic carbocycles. The Morgan fingerprint density at radius 3 is 2.68 bits per heavy atom. The Morgan fingerprint density at radius 1 is 1.25 bits per heavy atom. The summed E-state index contributed by atoms with van der Waals surface area (Å²) in [6.07, 6.45) is 3.58. The van der Waals surface area contributed by atoms with E-state index >= 15 is 0 Å². The minimum absolute atomic E-state index is 0.155. The van der Waals surface area contributed by atoms with Gasteiger partial charge in [-0.15, -0.1) is 0 Å². The molecule has 0 bridgehead atoms. The second-order valence-electron chi connectivity index (χ2n) is 6.79. The molecule has 1 heterocycles. The maximum atomic E-state index is 11.4. The summed E-state index contributed by atoms with van der Waals surface area (Å²) < 4.78 is 10.5. The summed E-state index contributed by atoms with van der Waals surface area (Å²) >= 11 is 0. The first-order chi connectivity index (χ1) is 13.7. The van der Waals surface area contributed by atoms with E-state index in [4.69, 9.17) is 9.47 Å². The average Bonchev–Trinajstić information content (AvgIpc) is 3.24. The summed E-state index contributed by atoms with van der Waals surface area (Å²) in [6, 6.07) is 8.43. The van der Waals surface area contributed by atoms with Gasteiger partial charge in [-0.2, -0.15) is 0 Å². The fourth-order valence-electron chi connectivity index (χ4n) is 3.52. The number of nitrogens with one attached hydrogen (secondary N) is 2. The predicted octanol–water partition coefficient (Wildman–Crippen LogP) is 2.34. The Morgan fingerprint density at radius 2 is 2.00 bits per heavy atom. The molecule has 1 unspecified atom stereocenters. The molecule has 1 saturated heterocycles. The number of hydrogen-bond acceptors (Lipinski definition) is 5. The van der Waals surface area contributed by atoms with E-state index in [0.717, 1.165) is 31.3 Å². The van der Waals surface area contributed by atoms with E-state index < -0.39 is 0 Å². The Hall–Kier alpha value is -2.28. The van der Waals surface area contributed by atoms with E-state index in [1.807, 2.05) is 19.1 Å². The SMILES string of the molecule is CCOC(=O)CCCNC(=NC)NCC(c1ccccc1OC)N1CCCC1. The van der Waals surface area contributed by atoms with Crippen molar-refractivity contribution in [1.82, 2.24) is 15.5 Å². The number of esters is 1. The number of carbonyl (C=O) groups excluding carboxylic acids is 1. The number of para-hydroxylation sites is 1. The van der Waals surface area contributed by atoms with Crippen molar-refractivity contribution in [2.75, 3.05) is 46.9 Å². The smallest absolute Gasteiger partial charge is 0.305 e. The average molecular weight is 391 g/mol. The summed E-state index contributed by atoms with van der Waals surface area (Å²) in [6.45, 7) is 5.84. The van der Waals surface area contributed by atoms with Crippen LogP contribution >= 0.6 is 0 Å². The van der Waals surface area contributed by atoms with Crippen molar-refractivity contribution in [2.45, 2.75) is 38.6 Å². The molecule has 0 radical (unpaired) electrons.